The van der Waals surface area contributed by atoms with Crippen LogP contribution in [-0.2, 0) is 0 Å². The van der Waals surface area contributed by atoms with E-state index in [1.807, 2.05) is 11.8 Å². The van der Waals surface area contributed by atoms with Gasteiger partial charge in [-0.05, 0) is 30.4 Å². The Morgan fingerprint density at radius 3 is 2.50 bits per heavy atom. The van der Waals surface area contributed by atoms with Gasteiger partial charge >= 0.3 is 0 Å². The van der Waals surface area contributed by atoms with Crippen molar-refractivity contribution < 1.29 is 4.92 Å². The zero-order chi connectivity index (χ0) is 13.1. The van der Waals surface area contributed by atoms with Crippen molar-refractivity contribution >= 4 is 46.3 Å². The number of nitro groups is 1. The molecule has 1 fully saturated rings. The molecular weight excluding hydrogens is 295 g/mol. The molecule has 18 heavy (non-hydrogen) atoms. The molecule has 0 spiro atoms. The third-order valence-electron chi connectivity index (χ3n) is 2.82. The van der Waals surface area contributed by atoms with Gasteiger partial charge in [-0.15, -0.1) is 0 Å². The molecule has 0 aromatic heterocycles. The van der Waals surface area contributed by atoms with Crippen molar-refractivity contribution in [2.75, 3.05) is 16.8 Å². The number of hydrogen-bond acceptors (Lipinski definition) is 4. The molecule has 1 heterocycles. The number of halogens is 2. The van der Waals surface area contributed by atoms with Gasteiger partial charge in [-0.1, -0.05) is 23.2 Å². The highest BCUT2D eigenvalue weighted by atomic mass is 35.5. The molecule has 1 saturated heterocycles. The molecular formula is C11H12Cl2N2O2S. The van der Waals surface area contributed by atoms with Crippen molar-refractivity contribution in [2.45, 2.75) is 18.9 Å². The van der Waals surface area contributed by atoms with E-state index in [0.29, 0.717) is 10.7 Å². The highest BCUT2D eigenvalue weighted by Crippen LogP contribution is 2.35. The van der Waals surface area contributed by atoms with Crippen LogP contribution in [0.15, 0.2) is 12.1 Å². The van der Waals surface area contributed by atoms with Gasteiger partial charge in [0.1, 0.15) is 5.69 Å². The monoisotopic (exact) mass is 306 g/mol. The summed E-state index contributed by atoms with van der Waals surface area (Å²) in [6.07, 6.45) is 2.00. The van der Waals surface area contributed by atoms with Gasteiger partial charge in [0, 0.05) is 12.1 Å². The molecule has 1 aromatic carbocycles. The third-order valence-corrected chi connectivity index (χ3v) is 4.59. The van der Waals surface area contributed by atoms with Crippen LogP contribution >= 0.6 is 35.0 Å². The Morgan fingerprint density at radius 2 is 1.89 bits per heavy atom. The normalized spacial score (nSPS) is 16.6. The van der Waals surface area contributed by atoms with Crippen LogP contribution in [0.2, 0.25) is 10.0 Å². The lowest BCUT2D eigenvalue weighted by Gasteiger charge is -2.23. The van der Waals surface area contributed by atoms with Crippen LogP contribution in [-0.4, -0.2) is 22.5 Å². The Balaban J connectivity index is 2.24. The fraction of sp³-hybridized carbons (Fsp3) is 0.455. The summed E-state index contributed by atoms with van der Waals surface area (Å²) < 4.78 is 0. The molecule has 0 saturated carbocycles. The first-order valence-corrected chi connectivity index (χ1v) is 7.46. The van der Waals surface area contributed by atoms with E-state index >= 15 is 0 Å². The van der Waals surface area contributed by atoms with Gasteiger partial charge < -0.3 is 5.32 Å². The lowest BCUT2D eigenvalue weighted by atomic mass is 10.1. The second-order valence-corrected chi connectivity index (χ2v) is 6.11. The summed E-state index contributed by atoms with van der Waals surface area (Å²) in [7, 11) is 0. The van der Waals surface area contributed by atoms with Gasteiger partial charge in [-0.25, -0.2) is 0 Å². The Morgan fingerprint density at radius 1 is 1.28 bits per heavy atom. The lowest BCUT2D eigenvalue weighted by molar-refractivity contribution is -0.384. The van der Waals surface area contributed by atoms with E-state index in [0.717, 1.165) is 24.3 Å². The van der Waals surface area contributed by atoms with E-state index in [1.54, 1.807) is 0 Å². The first kappa shape index (κ1) is 13.8. The molecule has 1 aliphatic rings. The summed E-state index contributed by atoms with van der Waals surface area (Å²) in [4.78, 5) is 10.5. The highest BCUT2D eigenvalue weighted by Gasteiger charge is 2.21. The van der Waals surface area contributed by atoms with Crippen LogP contribution in [0, 0.1) is 10.1 Å². The smallest absolute Gasteiger partial charge is 0.293 e. The number of benzene rings is 1. The Bertz CT molecular complexity index is 465. The highest BCUT2D eigenvalue weighted by molar-refractivity contribution is 7.99. The van der Waals surface area contributed by atoms with Gasteiger partial charge in [-0.3, -0.25) is 10.1 Å². The molecule has 1 aliphatic heterocycles. The van der Waals surface area contributed by atoms with Crippen molar-refractivity contribution in [2.24, 2.45) is 0 Å². The standard InChI is InChI=1S/C11H12Cl2N2O2S/c12-8-5-10(11(15(16)17)6-9(8)13)14-7-1-3-18-4-2-7/h5-7,14H,1-4H2. The summed E-state index contributed by atoms with van der Waals surface area (Å²) in [5, 5.41) is 14.7. The average Bonchev–Trinajstić information content (AvgIpc) is 2.34. The number of nitrogens with one attached hydrogen (secondary N) is 1. The van der Waals surface area contributed by atoms with Crippen LogP contribution < -0.4 is 5.32 Å². The maximum absolute atomic E-state index is 11.0. The van der Waals surface area contributed by atoms with Crippen LogP contribution in [0.1, 0.15) is 12.8 Å². The van der Waals surface area contributed by atoms with E-state index in [1.165, 1.54) is 12.1 Å². The first-order chi connectivity index (χ1) is 8.58. The van der Waals surface area contributed by atoms with Gasteiger partial charge in [-0.2, -0.15) is 11.8 Å². The average molecular weight is 307 g/mol. The second kappa shape index (κ2) is 5.99. The molecule has 0 radical (unpaired) electrons. The Kier molecular flexibility index (Phi) is 4.59. The molecule has 2 rings (SSSR count). The molecule has 0 unspecified atom stereocenters. The van der Waals surface area contributed by atoms with E-state index in [2.05, 4.69) is 5.32 Å². The maximum Gasteiger partial charge on any atom is 0.293 e. The van der Waals surface area contributed by atoms with Crippen LogP contribution in [0.5, 0.6) is 0 Å². The zero-order valence-corrected chi connectivity index (χ0v) is 11.8. The number of nitro benzene ring substituents is 1. The molecule has 0 atom stereocenters. The minimum absolute atomic E-state index is 0.0253. The number of anilines is 1. The quantitative estimate of drug-likeness (QED) is 0.671. The second-order valence-electron chi connectivity index (χ2n) is 4.07. The van der Waals surface area contributed by atoms with E-state index in [-0.39, 0.29) is 16.8 Å². The summed E-state index contributed by atoms with van der Waals surface area (Å²) >= 11 is 13.6. The predicted molar refractivity (Wildman–Crippen MR) is 77.1 cm³/mol. The van der Waals surface area contributed by atoms with E-state index in [9.17, 15) is 10.1 Å². The summed E-state index contributed by atoms with van der Waals surface area (Å²) in [5.41, 5.74) is 0.425. The topological polar surface area (TPSA) is 55.2 Å². The predicted octanol–water partition coefficient (Wildman–Crippen LogP) is 4.21. The molecule has 0 bridgehead atoms. The molecule has 4 nitrogen and oxygen atoms in total. The molecule has 0 aliphatic carbocycles. The minimum atomic E-state index is -0.442. The number of nitrogens with zero attached hydrogens (tertiary/aromatic N) is 1. The molecule has 7 heteroatoms. The van der Waals surface area contributed by atoms with Gasteiger partial charge in [0.05, 0.1) is 15.0 Å². The minimum Gasteiger partial charge on any atom is -0.377 e. The SMILES string of the molecule is O=[N+]([O-])c1cc(Cl)c(Cl)cc1NC1CCSCC1. The molecule has 1 N–H and O–H groups in total. The summed E-state index contributed by atoms with van der Waals surface area (Å²) in [5.74, 6) is 2.15. The van der Waals surface area contributed by atoms with E-state index < -0.39 is 4.92 Å². The zero-order valence-electron chi connectivity index (χ0n) is 9.49. The largest absolute Gasteiger partial charge is 0.377 e. The van der Waals surface area contributed by atoms with Crippen molar-refractivity contribution in [1.82, 2.24) is 0 Å². The van der Waals surface area contributed by atoms with Crippen molar-refractivity contribution in [3.8, 4) is 0 Å². The number of hydrogen-bond donors (Lipinski definition) is 1. The fourth-order valence-electron chi connectivity index (χ4n) is 1.86. The molecule has 0 amide bonds. The van der Waals surface area contributed by atoms with Gasteiger partial charge in [0.2, 0.25) is 0 Å². The van der Waals surface area contributed by atoms with Crippen molar-refractivity contribution in [3.05, 3.63) is 32.3 Å². The Labute approximate surface area is 119 Å². The summed E-state index contributed by atoms with van der Waals surface area (Å²) in [6.45, 7) is 0. The van der Waals surface area contributed by atoms with Gasteiger partial charge in [0.15, 0.2) is 0 Å². The van der Waals surface area contributed by atoms with Crippen LogP contribution in [0.4, 0.5) is 11.4 Å². The maximum atomic E-state index is 11.0. The van der Waals surface area contributed by atoms with Crippen LogP contribution in [0.3, 0.4) is 0 Å². The molecule has 1 aromatic rings. The van der Waals surface area contributed by atoms with E-state index in [4.69, 9.17) is 23.2 Å². The lowest BCUT2D eigenvalue weighted by Crippen LogP contribution is -2.24. The van der Waals surface area contributed by atoms with Crippen molar-refractivity contribution in [1.29, 1.82) is 0 Å². The van der Waals surface area contributed by atoms with Crippen LogP contribution in [0.25, 0.3) is 0 Å². The van der Waals surface area contributed by atoms with Crippen molar-refractivity contribution in [3.63, 3.8) is 0 Å². The summed E-state index contributed by atoms with van der Waals surface area (Å²) in [6, 6.07) is 3.09. The van der Waals surface area contributed by atoms with Gasteiger partial charge in [0.25, 0.3) is 5.69 Å². The number of thioether (sulfide) groups is 1. The molecule has 98 valence electrons. The Hall–Kier alpha value is -0.650. The number of rotatable bonds is 3. The first-order valence-electron chi connectivity index (χ1n) is 5.55. The third kappa shape index (κ3) is 3.22. The fourth-order valence-corrected chi connectivity index (χ4v) is 3.29.